The molecule has 1 unspecified atom stereocenters. The maximum Gasteiger partial charge on any atom is 0.410 e. The molecule has 0 saturated heterocycles. The number of amides is 3. The average Bonchev–Trinajstić information content (AvgIpc) is 2.52. The molecule has 0 aliphatic rings. The third-order valence-electron chi connectivity index (χ3n) is 3.50. The van der Waals surface area contributed by atoms with Crippen LogP contribution in [0, 0.1) is 0 Å². The van der Waals surface area contributed by atoms with Crippen LogP contribution in [0.4, 0.5) is 9.59 Å². The summed E-state index contributed by atoms with van der Waals surface area (Å²) in [6, 6.07) is 3.47. The number of nitrogens with one attached hydrogen (secondary N) is 1. The van der Waals surface area contributed by atoms with Crippen molar-refractivity contribution >= 4 is 12.1 Å². The van der Waals surface area contributed by atoms with Gasteiger partial charge in [0.25, 0.3) is 0 Å². The molecular formula is C17H28N4O3. The second kappa shape index (κ2) is 8.52. The minimum absolute atomic E-state index is 0.0951. The van der Waals surface area contributed by atoms with E-state index in [0.29, 0.717) is 13.1 Å². The van der Waals surface area contributed by atoms with E-state index >= 15 is 0 Å². The largest absolute Gasteiger partial charge is 0.444 e. The van der Waals surface area contributed by atoms with Gasteiger partial charge in [-0.1, -0.05) is 6.07 Å². The average molecular weight is 336 g/mol. The van der Waals surface area contributed by atoms with Gasteiger partial charge in [-0.2, -0.15) is 0 Å². The Hall–Kier alpha value is -2.31. The van der Waals surface area contributed by atoms with Gasteiger partial charge in [0.05, 0.1) is 6.04 Å². The van der Waals surface area contributed by atoms with Crippen LogP contribution in [0.3, 0.4) is 0 Å². The summed E-state index contributed by atoms with van der Waals surface area (Å²) in [4.78, 5) is 31.1. The molecule has 24 heavy (non-hydrogen) atoms. The molecule has 1 aromatic heterocycles. The first-order valence-electron chi connectivity index (χ1n) is 7.96. The van der Waals surface area contributed by atoms with Gasteiger partial charge in [0.1, 0.15) is 5.60 Å². The molecule has 134 valence electrons. The molecule has 7 nitrogen and oxygen atoms in total. The van der Waals surface area contributed by atoms with Crippen LogP contribution in [-0.2, 0) is 4.74 Å². The summed E-state index contributed by atoms with van der Waals surface area (Å²) in [7, 11) is 3.37. The first-order valence-corrected chi connectivity index (χ1v) is 7.96. The summed E-state index contributed by atoms with van der Waals surface area (Å²) in [5, 5.41) is 2.80. The summed E-state index contributed by atoms with van der Waals surface area (Å²) in [5.74, 6) is 0. The lowest BCUT2D eigenvalue weighted by atomic mass is 10.1. The standard InChI is InChI=1S/C17H28N4O3/c1-13(14-8-7-9-18-12-14)21(6)15(22)19-10-11-20(5)16(23)24-17(2,3)4/h7-9,12-13H,10-11H2,1-6H3,(H,19,22). The van der Waals surface area contributed by atoms with Crippen LogP contribution in [-0.4, -0.2) is 59.7 Å². The predicted octanol–water partition coefficient (Wildman–Crippen LogP) is 2.65. The highest BCUT2D eigenvalue weighted by atomic mass is 16.6. The number of ether oxygens (including phenoxy) is 1. The number of urea groups is 1. The third kappa shape index (κ3) is 6.44. The Morgan fingerprint density at radius 3 is 2.54 bits per heavy atom. The van der Waals surface area contributed by atoms with Gasteiger partial charge < -0.3 is 19.9 Å². The van der Waals surface area contributed by atoms with E-state index in [1.807, 2.05) is 39.8 Å². The number of aromatic nitrogens is 1. The SMILES string of the molecule is CC(c1cccnc1)N(C)C(=O)NCCN(C)C(=O)OC(C)(C)C. The van der Waals surface area contributed by atoms with E-state index in [9.17, 15) is 9.59 Å². The van der Waals surface area contributed by atoms with Crippen molar-refractivity contribution in [2.75, 3.05) is 27.2 Å². The van der Waals surface area contributed by atoms with Gasteiger partial charge in [0.15, 0.2) is 0 Å². The minimum Gasteiger partial charge on any atom is -0.444 e. The van der Waals surface area contributed by atoms with Gasteiger partial charge >= 0.3 is 12.1 Å². The Morgan fingerprint density at radius 2 is 2.00 bits per heavy atom. The van der Waals surface area contributed by atoms with Crippen molar-refractivity contribution in [3.8, 4) is 0 Å². The Balaban J connectivity index is 2.41. The zero-order valence-corrected chi connectivity index (χ0v) is 15.4. The third-order valence-corrected chi connectivity index (χ3v) is 3.50. The molecule has 3 amide bonds. The molecular weight excluding hydrogens is 308 g/mol. The van der Waals surface area contributed by atoms with Crippen molar-refractivity contribution in [3.63, 3.8) is 0 Å². The number of likely N-dealkylation sites (N-methyl/N-ethyl adjacent to an activating group) is 1. The van der Waals surface area contributed by atoms with Crippen LogP contribution in [0.15, 0.2) is 24.5 Å². The van der Waals surface area contributed by atoms with E-state index in [1.165, 1.54) is 4.90 Å². The van der Waals surface area contributed by atoms with Crippen molar-refractivity contribution in [2.24, 2.45) is 0 Å². The highest BCUT2D eigenvalue weighted by Crippen LogP contribution is 2.17. The molecule has 1 rings (SSSR count). The van der Waals surface area contributed by atoms with E-state index in [-0.39, 0.29) is 12.1 Å². The highest BCUT2D eigenvalue weighted by Gasteiger charge is 2.20. The minimum atomic E-state index is -0.534. The molecule has 0 fully saturated rings. The Morgan fingerprint density at radius 1 is 1.33 bits per heavy atom. The summed E-state index contributed by atoms with van der Waals surface area (Å²) >= 11 is 0. The van der Waals surface area contributed by atoms with Gasteiger partial charge in [0, 0.05) is 39.6 Å². The summed E-state index contributed by atoms with van der Waals surface area (Å²) < 4.78 is 5.26. The first kappa shape index (κ1) is 19.7. The van der Waals surface area contributed by atoms with E-state index in [0.717, 1.165) is 5.56 Å². The van der Waals surface area contributed by atoms with Crippen molar-refractivity contribution in [3.05, 3.63) is 30.1 Å². The fraction of sp³-hybridized carbons (Fsp3) is 0.588. The molecule has 1 aromatic rings. The summed E-state index contributed by atoms with van der Waals surface area (Å²) in [6.07, 6.45) is 3.03. The topological polar surface area (TPSA) is 74.8 Å². The predicted molar refractivity (Wildman–Crippen MR) is 92.7 cm³/mol. The Labute approximate surface area is 144 Å². The van der Waals surface area contributed by atoms with Crippen LogP contribution in [0.2, 0.25) is 0 Å². The van der Waals surface area contributed by atoms with Crippen molar-refractivity contribution in [2.45, 2.75) is 39.3 Å². The number of carbonyl (C=O) groups is 2. The quantitative estimate of drug-likeness (QED) is 0.897. The van der Waals surface area contributed by atoms with E-state index < -0.39 is 11.7 Å². The number of hydrogen-bond acceptors (Lipinski definition) is 4. The Kier molecular flexibility index (Phi) is 7.00. The van der Waals surface area contributed by atoms with E-state index in [1.54, 1.807) is 31.4 Å². The van der Waals surface area contributed by atoms with Crippen molar-refractivity contribution in [1.29, 1.82) is 0 Å². The molecule has 0 bridgehead atoms. The zero-order chi connectivity index (χ0) is 18.3. The fourth-order valence-corrected chi connectivity index (χ4v) is 1.91. The second-order valence-corrected chi connectivity index (χ2v) is 6.71. The zero-order valence-electron chi connectivity index (χ0n) is 15.4. The molecule has 0 radical (unpaired) electrons. The number of rotatable bonds is 5. The summed E-state index contributed by atoms with van der Waals surface area (Å²) in [5.41, 5.74) is 0.426. The van der Waals surface area contributed by atoms with Gasteiger partial charge in [-0.3, -0.25) is 4.98 Å². The lowest BCUT2D eigenvalue weighted by Gasteiger charge is -2.27. The highest BCUT2D eigenvalue weighted by molar-refractivity contribution is 5.74. The number of hydrogen-bond donors (Lipinski definition) is 1. The lowest BCUT2D eigenvalue weighted by molar-refractivity contribution is 0.0300. The van der Waals surface area contributed by atoms with Gasteiger partial charge in [-0.05, 0) is 39.3 Å². The van der Waals surface area contributed by atoms with Crippen LogP contribution in [0.25, 0.3) is 0 Å². The lowest BCUT2D eigenvalue weighted by Crippen LogP contribution is -2.43. The smallest absolute Gasteiger partial charge is 0.410 e. The van der Waals surface area contributed by atoms with E-state index in [4.69, 9.17) is 4.74 Å². The normalized spacial score (nSPS) is 12.2. The molecule has 0 saturated carbocycles. The van der Waals surface area contributed by atoms with Gasteiger partial charge in [-0.25, -0.2) is 9.59 Å². The first-order chi connectivity index (χ1) is 11.1. The van der Waals surface area contributed by atoms with Crippen LogP contribution in [0.5, 0.6) is 0 Å². The summed E-state index contributed by atoms with van der Waals surface area (Å²) in [6.45, 7) is 8.10. The van der Waals surface area contributed by atoms with Crippen molar-refractivity contribution < 1.29 is 14.3 Å². The number of nitrogens with zero attached hydrogens (tertiary/aromatic N) is 3. The van der Waals surface area contributed by atoms with E-state index in [2.05, 4.69) is 10.3 Å². The molecule has 1 atom stereocenters. The molecule has 7 heteroatoms. The Bertz CT molecular complexity index is 543. The molecule has 0 aromatic carbocycles. The molecule has 1 N–H and O–H groups in total. The van der Waals surface area contributed by atoms with Crippen LogP contribution in [0.1, 0.15) is 39.3 Å². The second-order valence-electron chi connectivity index (χ2n) is 6.71. The maximum atomic E-state index is 12.2. The van der Waals surface area contributed by atoms with Gasteiger partial charge in [0.2, 0.25) is 0 Å². The molecule has 0 aliphatic carbocycles. The monoisotopic (exact) mass is 336 g/mol. The molecule has 0 spiro atoms. The van der Waals surface area contributed by atoms with Crippen LogP contribution >= 0.6 is 0 Å². The number of carbonyl (C=O) groups excluding carboxylic acids is 2. The van der Waals surface area contributed by atoms with Crippen LogP contribution < -0.4 is 5.32 Å². The number of pyridine rings is 1. The fourth-order valence-electron chi connectivity index (χ4n) is 1.91. The molecule has 1 heterocycles. The van der Waals surface area contributed by atoms with Crippen molar-refractivity contribution in [1.82, 2.24) is 20.1 Å². The maximum absolute atomic E-state index is 12.2. The molecule has 0 aliphatic heterocycles. The van der Waals surface area contributed by atoms with Gasteiger partial charge in [-0.15, -0.1) is 0 Å².